The van der Waals surface area contributed by atoms with E-state index in [0.29, 0.717) is 11.1 Å². The van der Waals surface area contributed by atoms with E-state index < -0.39 is 16.7 Å². The third-order valence-electron chi connectivity index (χ3n) is 3.83. The Balaban J connectivity index is 1.80. The van der Waals surface area contributed by atoms with Crippen LogP contribution in [0.15, 0.2) is 40.9 Å². The van der Waals surface area contributed by atoms with Crippen molar-refractivity contribution in [1.82, 2.24) is 10.1 Å². The Bertz CT molecular complexity index is 1050. The van der Waals surface area contributed by atoms with Gasteiger partial charge in [-0.25, -0.2) is 9.18 Å². The summed E-state index contributed by atoms with van der Waals surface area (Å²) >= 11 is 0. The molecule has 0 aliphatic heterocycles. The molecule has 1 heterocycles. The summed E-state index contributed by atoms with van der Waals surface area (Å²) in [5, 5.41) is 14.9. The van der Waals surface area contributed by atoms with Crippen LogP contribution in [0.4, 0.5) is 10.1 Å². The Morgan fingerprint density at radius 2 is 2.07 bits per heavy atom. The molecule has 0 radical (unpaired) electrons. The number of ether oxygens (including phenoxy) is 2. The van der Waals surface area contributed by atoms with Crippen LogP contribution < -0.4 is 4.74 Å². The Labute approximate surface area is 157 Å². The van der Waals surface area contributed by atoms with Gasteiger partial charge >= 0.3 is 11.7 Å². The van der Waals surface area contributed by atoms with Crippen LogP contribution in [-0.2, 0) is 11.3 Å². The minimum atomic E-state index is -0.666. The number of carbonyl (C=O) groups excluding carboxylic acids is 1. The highest BCUT2D eigenvalue weighted by Crippen LogP contribution is 2.29. The van der Waals surface area contributed by atoms with Crippen molar-refractivity contribution in [3.8, 4) is 17.1 Å². The van der Waals surface area contributed by atoms with Gasteiger partial charge in [0.25, 0.3) is 5.89 Å². The van der Waals surface area contributed by atoms with Crippen molar-refractivity contribution < 1.29 is 28.1 Å². The van der Waals surface area contributed by atoms with Crippen molar-refractivity contribution in [2.45, 2.75) is 13.5 Å². The normalized spacial score (nSPS) is 10.5. The number of halogens is 1. The largest absolute Gasteiger partial charge is 0.477 e. The summed E-state index contributed by atoms with van der Waals surface area (Å²) in [7, 11) is 1.19. The van der Waals surface area contributed by atoms with E-state index >= 15 is 0 Å². The fraction of sp³-hybridized carbons (Fsp3) is 0.167. The van der Waals surface area contributed by atoms with E-state index in [1.54, 1.807) is 19.1 Å². The van der Waals surface area contributed by atoms with Gasteiger partial charge in [-0.2, -0.15) is 4.98 Å². The van der Waals surface area contributed by atoms with E-state index in [4.69, 9.17) is 9.26 Å². The summed E-state index contributed by atoms with van der Waals surface area (Å²) in [6.45, 7) is 1.34. The maximum absolute atomic E-state index is 13.7. The lowest BCUT2D eigenvalue weighted by Gasteiger charge is -2.06. The van der Waals surface area contributed by atoms with Gasteiger partial charge in [0, 0.05) is 17.7 Å². The maximum atomic E-state index is 13.7. The molecule has 0 unspecified atom stereocenters. The molecule has 0 bridgehead atoms. The van der Waals surface area contributed by atoms with Gasteiger partial charge in [0.1, 0.15) is 5.82 Å². The van der Waals surface area contributed by atoms with Gasteiger partial charge in [0.05, 0.1) is 17.6 Å². The lowest BCUT2D eigenvalue weighted by atomic mass is 10.1. The molecule has 0 atom stereocenters. The molecule has 0 amide bonds. The first-order valence-corrected chi connectivity index (χ1v) is 7.97. The van der Waals surface area contributed by atoms with Gasteiger partial charge in [-0.3, -0.25) is 10.1 Å². The van der Waals surface area contributed by atoms with Gasteiger partial charge in [0.15, 0.2) is 12.4 Å². The molecule has 1 aromatic heterocycles. The van der Waals surface area contributed by atoms with Crippen molar-refractivity contribution in [3.63, 3.8) is 0 Å². The average molecular weight is 387 g/mol. The van der Waals surface area contributed by atoms with Crippen LogP contribution in [0.25, 0.3) is 11.4 Å². The number of hydrogen-bond donors (Lipinski definition) is 0. The first kappa shape index (κ1) is 19.0. The summed E-state index contributed by atoms with van der Waals surface area (Å²) in [6, 6.07) is 8.08. The quantitative estimate of drug-likeness (QED) is 0.358. The number of carbonyl (C=O) groups is 1. The highest BCUT2D eigenvalue weighted by atomic mass is 19.1. The van der Waals surface area contributed by atoms with E-state index in [-0.39, 0.29) is 35.3 Å². The van der Waals surface area contributed by atoms with Gasteiger partial charge in [-0.1, -0.05) is 17.3 Å². The number of aryl methyl sites for hydroxylation is 1. The van der Waals surface area contributed by atoms with Crippen LogP contribution in [0.2, 0.25) is 0 Å². The van der Waals surface area contributed by atoms with E-state index in [2.05, 4.69) is 14.9 Å². The highest BCUT2D eigenvalue weighted by Gasteiger charge is 2.20. The summed E-state index contributed by atoms with van der Waals surface area (Å²) in [4.78, 5) is 26.2. The van der Waals surface area contributed by atoms with Gasteiger partial charge in [-0.05, 0) is 24.6 Å². The Morgan fingerprint density at radius 3 is 2.75 bits per heavy atom. The second-order valence-corrected chi connectivity index (χ2v) is 5.70. The van der Waals surface area contributed by atoms with Crippen molar-refractivity contribution in [1.29, 1.82) is 0 Å². The average Bonchev–Trinajstić information content (AvgIpc) is 3.16. The van der Waals surface area contributed by atoms with Gasteiger partial charge in [-0.15, -0.1) is 0 Å². The zero-order chi connectivity index (χ0) is 20.3. The molecule has 0 saturated carbocycles. The lowest BCUT2D eigenvalue weighted by Crippen LogP contribution is -2.04. The zero-order valence-corrected chi connectivity index (χ0v) is 14.8. The number of hydrogen-bond acceptors (Lipinski definition) is 8. The molecular formula is C18H14FN3O6. The third kappa shape index (κ3) is 3.95. The maximum Gasteiger partial charge on any atom is 0.337 e. The number of nitro benzene ring substituents is 1. The molecule has 2 aromatic carbocycles. The predicted molar refractivity (Wildman–Crippen MR) is 93.2 cm³/mol. The number of nitro groups is 1. The Kier molecular flexibility index (Phi) is 5.30. The first-order valence-electron chi connectivity index (χ1n) is 7.97. The molecule has 0 aliphatic carbocycles. The number of rotatable bonds is 6. The molecule has 3 aromatic rings. The summed E-state index contributed by atoms with van der Waals surface area (Å²) < 4.78 is 28.7. The highest BCUT2D eigenvalue weighted by molar-refractivity contribution is 5.90. The number of nitrogens with zero attached hydrogens (tertiary/aromatic N) is 3. The molecule has 0 N–H and O–H groups in total. The number of esters is 1. The minimum absolute atomic E-state index is 0.0220. The van der Waals surface area contributed by atoms with Crippen LogP contribution in [0.1, 0.15) is 21.8 Å². The van der Waals surface area contributed by atoms with E-state index in [1.165, 1.54) is 25.3 Å². The van der Waals surface area contributed by atoms with Crippen LogP contribution in [0, 0.1) is 22.9 Å². The molecular weight excluding hydrogens is 373 g/mol. The molecule has 0 fully saturated rings. The minimum Gasteiger partial charge on any atom is -0.477 e. The molecule has 0 saturated heterocycles. The first-order chi connectivity index (χ1) is 13.4. The number of aromatic nitrogens is 2. The second kappa shape index (κ2) is 7.82. The van der Waals surface area contributed by atoms with Crippen molar-refractivity contribution in [3.05, 3.63) is 69.3 Å². The van der Waals surface area contributed by atoms with Crippen LogP contribution >= 0.6 is 0 Å². The van der Waals surface area contributed by atoms with Crippen molar-refractivity contribution in [2.75, 3.05) is 7.11 Å². The van der Waals surface area contributed by atoms with Crippen LogP contribution in [0.5, 0.6) is 5.75 Å². The van der Waals surface area contributed by atoms with Gasteiger partial charge in [0.2, 0.25) is 5.82 Å². The Morgan fingerprint density at radius 1 is 1.29 bits per heavy atom. The number of methoxy groups -OCH3 is 1. The third-order valence-corrected chi connectivity index (χ3v) is 3.83. The van der Waals surface area contributed by atoms with Crippen LogP contribution in [0.3, 0.4) is 0 Å². The molecule has 28 heavy (non-hydrogen) atoms. The smallest absolute Gasteiger partial charge is 0.337 e. The fourth-order valence-corrected chi connectivity index (χ4v) is 2.33. The number of benzene rings is 2. The topological polar surface area (TPSA) is 118 Å². The lowest BCUT2D eigenvalue weighted by molar-refractivity contribution is -0.386. The molecule has 9 nitrogen and oxygen atoms in total. The second-order valence-electron chi connectivity index (χ2n) is 5.70. The standard InChI is InChI=1S/C18H14FN3O6/c1-10-3-4-11(7-13(10)19)17-20-16(28-21-17)9-27-15-8-12(18(23)26-2)5-6-14(15)22(24)25/h3-8H,9H2,1-2H3. The molecule has 144 valence electrons. The van der Waals surface area contributed by atoms with E-state index in [1.807, 2.05) is 0 Å². The van der Waals surface area contributed by atoms with E-state index in [9.17, 15) is 19.3 Å². The molecule has 0 spiro atoms. The summed E-state index contributed by atoms with van der Waals surface area (Å²) in [5.41, 5.74) is 0.641. The monoisotopic (exact) mass is 387 g/mol. The predicted octanol–water partition coefficient (Wildman–Crippen LogP) is 3.46. The van der Waals surface area contributed by atoms with Crippen LogP contribution in [-0.4, -0.2) is 28.1 Å². The fourth-order valence-electron chi connectivity index (χ4n) is 2.33. The molecule has 0 aliphatic rings. The Hall–Kier alpha value is -3.82. The zero-order valence-electron chi connectivity index (χ0n) is 14.8. The SMILES string of the molecule is COC(=O)c1ccc([N+](=O)[O-])c(OCc2nc(-c3ccc(C)c(F)c3)no2)c1. The molecule has 10 heteroatoms. The summed E-state index contributed by atoms with van der Waals surface area (Å²) in [5.74, 6) is -1.06. The van der Waals surface area contributed by atoms with Crippen molar-refractivity contribution >= 4 is 11.7 Å². The van der Waals surface area contributed by atoms with E-state index in [0.717, 1.165) is 6.07 Å². The summed E-state index contributed by atoms with van der Waals surface area (Å²) in [6.07, 6.45) is 0. The molecule has 3 rings (SSSR count). The van der Waals surface area contributed by atoms with Crippen molar-refractivity contribution in [2.24, 2.45) is 0 Å². The van der Waals surface area contributed by atoms with Gasteiger partial charge < -0.3 is 14.0 Å².